The molecule has 0 bridgehead atoms. The van der Waals surface area contributed by atoms with Crippen LogP contribution in [0.3, 0.4) is 0 Å². The number of piperazine rings is 1. The third-order valence-electron chi connectivity index (χ3n) is 5.67. The van der Waals surface area contributed by atoms with Crippen LogP contribution in [0, 0.1) is 0 Å². The fourth-order valence-electron chi connectivity index (χ4n) is 3.91. The standard InChI is InChI=1S/C22H28ClN5O/c1-27-8-10-28(11-9-27)15-16-4-2-7-19(12-16)24-22(29)21-14-20(25-26-21)17-5-3-6-18(23)13-17/h2-7,12-13,20-21,25-26H,8-11,14-15H2,1H3,(H,24,29). The first-order chi connectivity index (χ1) is 14.1. The summed E-state index contributed by atoms with van der Waals surface area (Å²) in [5, 5.41) is 3.76. The fraction of sp³-hybridized carbons (Fsp3) is 0.409. The zero-order valence-corrected chi connectivity index (χ0v) is 17.5. The second-order valence-electron chi connectivity index (χ2n) is 7.95. The van der Waals surface area contributed by atoms with Crippen molar-refractivity contribution in [2.75, 3.05) is 38.5 Å². The molecule has 29 heavy (non-hydrogen) atoms. The number of benzene rings is 2. The molecule has 2 aromatic carbocycles. The molecule has 0 aromatic heterocycles. The molecule has 0 saturated carbocycles. The van der Waals surface area contributed by atoms with Crippen molar-refractivity contribution in [1.82, 2.24) is 20.7 Å². The van der Waals surface area contributed by atoms with Crippen molar-refractivity contribution >= 4 is 23.2 Å². The van der Waals surface area contributed by atoms with E-state index >= 15 is 0 Å². The van der Waals surface area contributed by atoms with Gasteiger partial charge in [-0.3, -0.25) is 9.69 Å². The molecule has 2 heterocycles. The first-order valence-electron chi connectivity index (χ1n) is 10.1. The number of hydrazine groups is 1. The molecule has 6 nitrogen and oxygen atoms in total. The molecular weight excluding hydrogens is 386 g/mol. The molecule has 0 spiro atoms. The number of amides is 1. The van der Waals surface area contributed by atoms with Crippen molar-refractivity contribution in [2.24, 2.45) is 0 Å². The van der Waals surface area contributed by atoms with Crippen LogP contribution in [0.2, 0.25) is 5.02 Å². The predicted molar refractivity (Wildman–Crippen MR) is 117 cm³/mol. The Morgan fingerprint density at radius 3 is 2.69 bits per heavy atom. The molecule has 0 aliphatic carbocycles. The Hall–Kier alpha value is -1.96. The van der Waals surface area contributed by atoms with Crippen LogP contribution in [0.1, 0.15) is 23.6 Å². The first kappa shape index (κ1) is 20.3. The number of anilines is 1. The maximum Gasteiger partial charge on any atom is 0.242 e. The number of nitrogens with zero attached hydrogens (tertiary/aromatic N) is 2. The summed E-state index contributed by atoms with van der Waals surface area (Å²) >= 11 is 6.09. The van der Waals surface area contributed by atoms with Crippen LogP contribution in [0.25, 0.3) is 0 Å². The molecule has 2 atom stereocenters. The number of halogens is 1. The van der Waals surface area contributed by atoms with Gasteiger partial charge < -0.3 is 10.2 Å². The SMILES string of the molecule is CN1CCN(Cc2cccc(NC(=O)C3CC(c4cccc(Cl)c4)NN3)c2)CC1. The van der Waals surface area contributed by atoms with Gasteiger partial charge in [-0.05, 0) is 48.9 Å². The van der Waals surface area contributed by atoms with E-state index < -0.39 is 0 Å². The summed E-state index contributed by atoms with van der Waals surface area (Å²) < 4.78 is 0. The van der Waals surface area contributed by atoms with E-state index in [1.807, 2.05) is 36.4 Å². The van der Waals surface area contributed by atoms with Gasteiger partial charge in [0.05, 0.1) is 0 Å². The quantitative estimate of drug-likeness (QED) is 0.703. The number of hydrogen-bond donors (Lipinski definition) is 3. The highest BCUT2D eigenvalue weighted by Gasteiger charge is 2.30. The van der Waals surface area contributed by atoms with Crippen LogP contribution in [0.15, 0.2) is 48.5 Å². The van der Waals surface area contributed by atoms with Gasteiger partial charge in [0.2, 0.25) is 5.91 Å². The average molecular weight is 414 g/mol. The number of hydrogen-bond acceptors (Lipinski definition) is 5. The maximum atomic E-state index is 12.7. The van der Waals surface area contributed by atoms with Gasteiger partial charge in [-0.2, -0.15) is 0 Å². The summed E-state index contributed by atoms with van der Waals surface area (Å²) in [5.74, 6) is -0.0289. The Balaban J connectivity index is 1.33. The molecule has 2 unspecified atom stereocenters. The summed E-state index contributed by atoms with van der Waals surface area (Å²) in [6.45, 7) is 5.28. The third-order valence-corrected chi connectivity index (χ3v) is 5.90. The summed E-state index contributed by atoms with van der Waals surface area (Å²) in [6, 6.07) is 15.7. The molecule has 2 fully saturated rings. The molecular formula is C22H28ClN5O. The van der Waals surface area contributed by atoms with E-state index in [0.29, 0.717) is 11.4 Å². The van der Waals surface area contributed by atoms with Crippen LogP contribution >= 0.6 is 11.6 Å². The van der Waals surface area contributed by atoms with Gasteiger partial charge in [-0.25, -0.2) is 10.9 Å². The summed E-state index contributed by atoms with van der Waals surface area (Å²) in [7, 11) is 2.16. The van der Waals surface area contributed by atoms with Crippen molar-refractivity contribution < 1.29 is 4.79 Å². The van der Waals surface area contributed by atoms with Crippen LogP contribution < -0.4 is 16.2 Å². The van der Waals surface area contributed by atoms with Gasteiger partial charge in [0.15, 0.2) is 0 Å². The van der Waals surface area contributed by atoms with E-state index in [-0.39, 0.29) is 18.0 Å². The number of nitrogens with one attached hydrogen (secondary N) is 3. The topological polar surface area (TPSA) is 59.6 Å². The zero-order valence-electron chi connectivity index (χ0n) is 16.7. The monoisotopic (exact) mass is 413 g/mol. The van der Waals surface area contributed by atoms with E-state index in [1.54, 1.807) is 0 Å². The second kappa shape index (κ2) is 9.24. The summed E-state index contributed by atoms with van der Waals surface area (Å²) in [5.41, 5.74) is 9.46. The van der Waals surface area contributed by atoms with Gasteiger partial charge in [-0.15, -0.1) is 0 Å². The number of likely N-dealkylation sites (N-methyl/N-ethyl adjacent to an activating group) is 1. The van der Waals surface area contributed by atoms with Crippen molar-refractivity contribution in [2.45, 2.75) is 25.0 Å². The molecule has 2 aliphatic heterocycles. The fourth-order valence-corrected chi connectivity index (χ4v) is 4.11. The lowest BCUT2D eigenvalue weighted by molar-refractivity contribution is -0.117. The van der Waals surface area contributed by atoms with Crippen LogP contribution in [0.4, 0.5) is 5.69 Å². The minimum absolute atomic E-state index is 0.0289. The lowest BCUT2D eigenvalue weighted by Gasteiger charge is -2.32. The minimum Gasteiger partial charge on any atom is -0.325 e. The lowest BCUT2D eigenvalue weighted by atomic mass is 10.0. The Bertz CT molecular complexity index is 853. The highest BCUT2D eigenvalue weighted by molar-refractivity contribution is 6.30. The zero-order chi connectivity index (χ0) is 20.2. The van der Waals surface area contributed by atoms with E-state index in [1.165, 1.54) is 5.56 Å². The van der Waals surface area contributed by atoms with Gasteiger partial charge >= 0.3 is 0 Å². The van der Waals surface area contributed by atoms with Crippen LogP contribution in [-0.4, -0.2) is 55.0 Å². The maximum absolute atomic E-state index is 12.7. The third kappa shape index (κ3) is 5.35. The first-order valence-corrected chi connectivity index (χ1v) is 10.5. The largest absolute Gasteiger partial charge is 0.325 e. The summed E-state index contributed by atoms with van der Waals surface area (Å²) in [6.07, 6.45) is 0.674. The molecule has 7 heteroatoms. The highest BCUT2D eigenvalue weighted by atomic mass is 35.5. The number of carbonyl (C=O) groups is 1. The van der Waals surface area contributed by atoms with Gasteiger partial charge in [0.1, 0.15) is 6.04 Å². The smallest absolute Gasteiger partial charge is 0.242 e. The number of carbonyl (C=O) groups excluding carboxylic acids is 1. The highest BCUT2D eigenvalue weighted by Crippen LogP contribution is 2.25. The second-order valence-corrected chi connectivity index (χ2v) is 8.39. The molecule has 154 valence electrons. The Labute approximate surface area is 177 Å². The lowest BCUT2D eigenvalue weighted by Crippen LogP contribution is -2.43. The van der Waals surface area contributed by atoms with E-state index in [9.17, 15) is 4.79 Å². The minimum atomic E-state index is -0.291. The molecule has 3 N–H and O–H groups in total. The van der Waals surface area contributed by atoms with Crippen LogP contribution in [-0.2, 0) is 11.3 Å². The van der Waals surface area contributed by atoms with Gasteiger partial charge in [0, 0.05) is 49.5 Å². The van der Waals surface area contributed by atoms with Crippen molar-refractivity contribution in [3.05, 3.63) is 64.7 Å². The molecule has 2 aliphatic rings. The number of rotatable bonds is 5. The normalized spacial score (nSPS) is 23.2. The van der Waals surface area contributed by atoms with Crippen molar-refractivity contribution in [3.63, 3.8) is 0 Å². The van der Waals surface area contributed by atoms with E-state index in [0.717, 1.165) is 44.0 Å². The predicted octanol–water partition coefficient (Wildman–Crippen LogP) is 2.63. The van der Waals surface area contributed by atoms with Gasteiger partial charge in [0.25, 0.3) is 0 Å². The molecule has 1 amide bonds. The Kier molecular flexibility index (Phi) is 6.47. The molecule has 2 saturated heterocycles. The van der Waals surface area contributed by atoms with Crippen molar-refractivity contribution in [3.8, 4) is 0 Å². The Morgan fingerprint density at radius 2 is 1.90 bits per heavy atom. The molecule has 4 rings (SSSR count). The van der Waals surface area contributed by atoms with E-state index in [2.05, 4.69) is 45.1 Å². The molecule has 0 radical (unpaired) electrons. The van der Waals surface area contributed by atoms with E-state index in [4.69, 9.17) is 11.6 Å². The van der Waals surface area contributed by atoms with Crippen LogP contribution in [0.5, 0.6) is 0 Å². The molecule has 2 aromatic rings. The summed E-state index contributed by atoms with van der Waals surface area (Å²) in [4.78, 5) is 17.6. The average Bonchev–Trinajstić information content (AvgIpc) is 3.21. The van der Waals surface area contributed by atoms with Crippen molar-refractivity contribution in [1.29, 1.82) is 0 Å². The Morgan fingerprint density at radius 1 is 1.10 bits per heavy atom. The van der Waals surface area contributed by atoms with Gasteiger partial charge in [-0.1, -0.05) is 35.9 Å².